The molecule has 2 aromatic carbocycles. The second kappa shape index (κ2) is 6.29. The van der Waals surface area contributed by atoms with Gasteiger partial charge < -0.3 is 5.32 Å². The van der Waals surface area contributed by atoms with Gasteiger partial charge in [-0.3, -0.25) is 14.9 Å². The van der Waals surface area contributed by atoms with Crippen molar-refractivity contribution < 1.29 is 9.72 Å². The molecule has 1 amide bonds. The number of benzene rings is 2. The van der Waals surface area contributed by atoms with Crippen molar-refractivity contribution >= 4 is 27.5 Å². The monoisotopic (exact) mass is 334 g/mol. The van der Waals surface area contributed by atoms with Gasteiger partial charge in [0.1, 0.15) is 0 Å². The average Bonchev–Trinajstić information content (AvgIpc) is 2.45. The second-order valence-corrected chi connectivity index (χ2v) is 5.04. The maximum atomic E-state index is 11.9. The molecule has 0 aliphatic carbocycles. The van der Waals surface area contributed by atoms with Crippen LogP contribution in [-0.2, 0) is 6.54 Å². The predicted octanol–water partition coefficient (Wildman–Crippen LogP) is 3.29. The smallest absolute Gasteiger partial charge is 0.269 e. The van der Waals surface area contributed by atoms with Crippen LogP contribution in [-0.4, -0.2) is 10.8 Å². The highest BCUT2D eigenvalue weighted by atomic mass is 79.9. The summed E-state index contributed by atoms with van der Waals surface area (Å²) >= 11 is 3.30. The molecule has 5 nitrogen and oxygen atoms in total. The molecule has 20 heavy (non-hydrogen) atoms. The van der Waals surface area contributed by atoms with Crippen molar-refractivity contribution in [2.45, 2.75) is 6.54 Å². The summed E-state index contributed by atoms with van der Waals surface area (Å²) in [6, 6.07) is 13.2. The molecule has 0 saturated heterocycles. The molecule has 2 rings (SSSR count). The molecule has 0 fully saturated rings. The number of nitro groups is 1. The molecule has 1 N–H and O–H groups in total. The van der Waals surface area contributed by atoms with Gasteiger partial charge >= 0.3 is 0 Å². The third kappa shape index (κ3) is 3.64. The maximum absolute atomic E-state index is 11.9. The van der Waals surface area contributed by atoms with E-state index in [2.05, 4.69) is 21.2 Å². The highest BCUT2D eigenvalue weighted by molar-refractivity contribution is 9.10. The number of carbonyl (C=O) groups is 1. The number of hydrogen-bond donors (Lipinski definition) is 1. The molecule has 0 unspecified atom stereocenters. The molecule has 0 aliphatic heterocycles. The summed E-state index contributed by atoms with van der Waals surface area (Å²) in [5.74, 6) is -0.224. The summed E-state index contributed by atoms with van der Waals surface area (Å²) in [7, 11) is 0. The van der Waals surface area contributed by atoms with Crippen LogP contribution < -0.4 is 5.32 Å². The largest absolute Gasteiger partial charge is 0.348 e. The Morgan fingerprint density at radius 2 is 1.95 bits per heavy atom. The van der Waals surface area contributed by atoms with Crippen molar-refractivity contribution in [2.24, 2.45) is 0 Å². The molecule has 0 spiro atoms. The lowest BCUT2D eigenvalue weighted by Gasteiger charge is -2.05. The van der Waals surface area contributed by atoms with Gasteiger partial charge in [0.05, 0.1) is 4.92 Å². The predicted molar refractivity (Wildman–Crippen MR) is 78.4 cm³/mol. The van der Waals surface area contributed by atoms with Gasteiger partial charge in [-0.05, 0) is 23.8 Å². The number of rotatable bonds is 4. The van der Waals surface area contributed by atoms with Crippen LogP contribution in [0.25, 0.3) is 0 Å². The maximum Gasteiger partial charge on any atom is 0.269 e. The Labute approximate surface area is 123 Å². The number of non-ortho nitro benzene ring substituents is 1. The van der Waals surface area contributed by atoms with E-state index in [9.17, 15) is 14.9 Å². The van der Waals surface area contributed by atoms with Crippen molar-refractivity contribution in [2.75, 3.05) is 0 Å². The van der Waals surface area contributed by atoms with Gasteiger partial charge in [0.25, 0.3) is 11.6 Å². The molecular weight excluding hydrogens is 324 g/mol. The Hall–Kier alpha value is -2.21. The number of nitrogens with zero attached hydrogens (tertiary/aromatic N) is 1. The summed E-state index contributed by atoms with van der Waals surface area (Å²) in [6.07, 6.45) is 0. The van der Waals surface area contributed by atoms with E-state index < -0.39 is 4.92 Å². The standard InChI is InChI=1S/C14H11BrN2O3/c15-12-5-2-4-11(8-12)14(18)16-9-10-3-1-6-13(7-10)17(19)20/h1-8H,9H2,(H,16,18). The number of nitrogens with one attached hydrogen (secondary N) is 1. The van der Waals surface area contributed by atoms with Gasteiger partial charge in [-0.15, -0.1) is 0 Å². The van der Waals surface area contributed by atoms with Crippen LogP contribution in [0.4, 0.5) is 5.69 Å². The van der Waals surface area contributed by atoms with Crippen LogP contribution in [0.1, 0.15) is 15.9 Å². The van der Waals surface area contributed by atoms with Crippen LogP contribution in [0, 0.1) is 10.1 Å². The van der Waals surface area contributed by atoms with Crippen LogP contribution in [0.3, 0.4) is 0 Å². The molecule has 102 valence electrons. The van der Waals surface area contributed by atoms with E-state index in [1.54, 1.807) is 30.3 Å². The Bertz CT molecular complexity index is 658. The number of carbonyl (C=O) groups excluding carboxylic acids is 1. The molecular formula is C14H11BrN2O3. The van der Waals surface area contributed by atoms with Crippen molar-refractivity contribution in [3.8, 4) is 0 Å². The Morgan fingerprint density at radius 1 is 1.20 bits per heavy atom. The Balaban J connectivity index is 2.03. The van der Waals surface area contributed by atoms with Gasteiger partial charge in [-0.25, -0.2) is 0 Å². The minimum atomic E-state index is -0.459. The lowest BCUT2D eigenvalue weighted by Crippen LogP contribution is -2.22. The molecule has 0 atom stereocenters. The van der Waals surface area contributed by atoms with E-state index in [0.29, 0.717) is 11.1 Å². The normalized spacial score (nSPS) is 10.1. The first-order valence-electron chi connectivity index (χ1n) is 5.83. The first kappa shape index (κ1) is 14.2. The number of halogens is 1. The molecule has 2 aromatic rings. The van der Waals surface area contributed by atoms with Crippen molar-refractivity contribution in [3.05, 3.63) is 74.2 Å². The van der Waals surface area contributed by atoms with E-state index in [0.717, 1.165) is 4.47 Å². The highest BCUT2D eigenvalue weighted by Crippen LogP contribution is 2.14. The van der Waals surface area contributed by atoms with Crippen LogP contribution in [0.5, 0.6) is 0 Å². The van der Waals surface area contributed by atoms with Gasteiger partial charge in [0.15, 0.2) is 0 Å². The first-order valence-corrected chi connectivity index (χ1v) is 6.62. The quantitative estimate of drug-likeness (QED) is 0.688. The Morgan fingerprint density at radius 3 is 2.65 bits per heavy atom. The molecule has 0 saturated carbocycles. The van der Waals surface area contributed by atoms with E-state index in [4.69, 9.17) is 0 Å². The Kier molecular flexibility index (Phi) is 4.47. The SMILES string of the molecule is O=C(NCc1cccc([N+](=O)[O-])c1)c1cccc(Br)c1. The molecule has 0 aromatic heterocycles. The third-order valence-corrected chi connectivity index (χ3v) is 3.15. The zero-order valence-corrected chi connectivity index (χ0v) is 12.0. The van der Waals surface area contributed by atoms with E-state index >= 15 is 0 Å². The summed E-state index contributed by atoms with van der Waals surface area (Å²) in [5, 5.41) is 13.4. The van der Waals surface area contributed by atoms with Gasteiger partial charge in [-0.2, -0.15) is 0 Å². The van der Waals surface area contributed by atoms with Crippen molar-refractivity contribution in [3.63, 3.8) is 0 Å². The highest BCUT2D eigenvalue weighted by Gasteiger charge is 2.08. The van der Waals surface area contributed by atoms with Crippen molar-refractivity contribution in [1.29, 1.82) is 0 Å². The fraction of sp³-hybridized carbons (Fsp3) is 0.0714. The summed E-state index contributed by atoms with van der Waals surface area (Å²) in [4.78, 5) is 22.1. The van der Waals surface area contributed by atoms with Crippen LogP contribution in [0.2, 0.25) is 0 Å². The number of hydrogen-bond acceptors (Lipinski definition) is 3. The zero-order valence-electron chi connectivity index (χ0n) is 10.4. The average molecular weight is 335 g/mol. The molecule has 0 bridgehead atoms. The van der Waals surface area contributed by atoms with Gasteiger partial charge in [0, 0.05) is 28.7 Å². The fourth-order valence-electron chi connectivity index (χ4n) is 1.69. The van der Waals surface area contributed by atoms with Gasteiger partial charge in [-0.1, -0.05) is 34.1 Å². The minimum Gasteiger partial charge on any atom is -0.348 e. The van der Waals surface area contributed by atoms with Crippen molar-refractivity contribution in [1.82, 2.24) is 5.32 Å². The minimum absolute atomic E-state index is 0.0132. The molecule has 0 heterocycles. The van der Waals surface area contributed by atoms with E-state index in [-0.39, 0.29) is 18.1 Å². The topological polar surface area (TPSA) is 72.2 Å². The second-order valence-electron chi connectivity index (χ2n) is 4.12. The first-order chi connectivity index (χ1) is 9.56. The lowest BCUT2D eigenvalue weighted by molar-refractivity contribution is -0.384. The fourth-order valence-corrected chi connectivity index (χ4v) is 2.09. The molecule has 6 heteroatoms. The molecule has 0 aliphatic rings. The van der Waals surface area contributed by atoms with Crippen LogP contribution in [0.15, 0.2) is 53.0 Å². The van der Waals surface area contributed by atoms with E-state index in [1.807, 2.05) is 6.07 Å². The van der Waals surface area contributed by atoms with Crippen LogP contribution >= 0.6 is 15.9 Å². The molecule has 0 radical (unpaired) electrons. The third-order valence-electron chi connectivity index (χ3n) is 2.66. The van der Waals surface area contributed by atoms with E-state index in [1.165, 1.54) is 12.1 Å². The summed E-state index contributed by atoms with van der Waals surface area (Å²) in [5.41, 5.74) is 1.23. The number of nitro benzene ring substituents is 1. The zero-order chi connectivity index (χ0) is 14.5. The lowest BCUT2D eigenvalue weighted by atomic mass is 10.2. The summed E-state index contributed by atoms with van der Waals surface area (Å²) < 4.78 is 0.820. The number of amides is 1. The van der Waals surface area contributed by atoms with Gasteiger partial charge in [0.2, 0.25) is 0 Å². The summed E-state index contributed by atoms with van der Waals surface area (Å²) in [6.45, 7) is 0.243.